The van der Waals surface area contributed by atoms with E-state index in [4.69, 9.17) is 0 Å². The van der Waals surface area contributed by atoms with Crippen LogP contribution in [0.1, 0.15) is 5.69 Å². The van der Waals surface area contributed by atoms with E-state index >= 15 is 0 Å². The Bertz CT molecular complexity index is 402. The first-order chi connectivity index (χ1) is 6.86. The Labute approximate surface area is 99.7 Å². The fraction of sp³-hybridized carbons (Fsp3) is 0.111. The zero-order valence-electron chi connectivity index (χ0n) is 7.27. The minimum Gasteiger partial charge on any atom is -0.364 e. The first-order valence-corrected chi connectivity index (χ1v) is 6.10. The Kier molecular flexibility index (Phi) is 3.30. The van der Waals surface area contributed by atoms with Gasteiger partial charge in [0.05, 0.1) is 21.3 Å². The van der Waals surface area contributed by atoms with Gasteiger partial charge in [0.2, 0.25) is 0 Å². The van der Waals surface area contributed by atoms with Gasteiger partial charge in [-0.15, -0.1) is 11.3 Å². The van der Waals surface area contributed by atoms with Crippen molar-refractivity contribution < 1.29 is 0 Å². The van der Waals surface area contributed by atoms with Crippen molar-refractivity contribution in [1.82, 2.24) is 9.97 Å². The third-order valence-electron chi connectivity index (χ3n) is 1.68. The average molecular weight is 317 g/mol. The molecule has 0 saturated heterocycles. The van der Waals surface area contributed by atoms with Crippen molar-refractivity contribution in [3.63, 3.8) is 0 Å². The summed E-state index contributed by atoms with van der Waals surface area (Å²) in [5.41, 5.74) is 2.89. The normalized spacial score (nSPS) is 10.1. The second kappa shape index (κ2) is 4.70. The number of nitrogens with zero attached hydrogens (tertiary/aromatic N) is 2. The Morgan fingerprint density at radius 1 is 1.43 bits per heavy atom. The maximum Gasteiger partial charge on any atom is 0.139 e. The number of halogens is 1. The van der Waals surface area contributed by atoms with Crippen LogP contribution >= 0.6 is 33.9 Å². The maximum atomic E-state index is 4.23. The topological polar surface area (TPSA) is 37.8 Å². The van der Waals surface area contributed by atoms with E-state index in [9.17, 15) is 0 Å². The van der Waals surface area contributed by atoms with Crippen LogP contribution in [0.2, 0.25) is 0 Å². The molecule has 1 N–H and O–H groups in total. The second-order valence-electron chi connectivity index (χ2n) is 2.67. The molecule has 0 fully saturated rings. The molecule has 2 heterocycles. The highest BCUT2D eigenvalue weighted by atomic mass is 127. The van der Waals surface area contributed by atoms with E-state index in [1.807, 2.05) is 23.0 Å². The van der Waals surface area contributed by atoms with Gasteiger partial charge in [0.15, 0.2) is 0 Å². The fourth-order valence-electron chi connectivity index (χ4n) is 1.01. The lowest BCUT2D eigenvalue weighted by atomic mass is 10.4. The minimum absolute atomic E-state index is 0.733. The van der Waals surface area contributed by atoms with Crippen LogP contribution in [-0.2, 0) is 6.54 Å². The summed E-state index contributed by atoms with van der Waals surface area (Å²) in [5, 5.41) is 5.27. The van der Waals surface area contributed by atoms with Crippen LogP contribution in [0.3, 0.4) is 0 Å². The predicted molar refractivity (Wildman–Crippen MR) is 66.4 cm³/mol. The molecular weight excluding hydrogens is 309 g/mol. The highest BCUT2D eigenvalue weighted by Gasteiger charge is 1.99. The molecule has 0 aliphatic rings. The summed E-state index contributed by atoms with van der Waals surface area (Å²) in [5.74, 6) is 0.918. The van der Waals surface area contributed by atoms with Crippen LogP contribution in [0.4, 0.5) is 5.82 Å². The highest BCUT2D eigenvalue weighted by molar-refractivity contribution is 14.1. The van der Waals surface area contributed by atoms with Crippen LogP contribution < -0.4 is 5.32 Å². The summed E-state index contributed by atoms with van der Waals surface area (Å²) < 4.78 is 1.13. The van der Waals surface area contributed by atoms with Gasteiger partial charge in [0.1, 0.15) is 5.82 Å². The molecule has 0 bridgehead atoms. The standard InChI is InChI=1S/C9H8IN3S/c10-8-2-1-3-11-9(8)12-4-7-5-14-6-13-7/h1-3,5-6H,4H2,(H,11,12). The lowest BCUT2D eigenvalue weighted by Crippen LogP contribution is -2.02. The minimum atomic E-state index is 0.733. The van der Waals surface area contributed by atoms with Crippen molar-refractivity contribution in [3.8, 4) is 0 Å². The number of hydrogen-bond acceptors (Lipinski definition) is 4. The van der Waals surface area contributed by atoms with Gasteiger partial charge < -0.3 is 5.32 Å². The van der Waals surface area contributed by atoms with Gasteiger partial charge in [-0.05, 0) is 34.7 Å². The summed E-state index contributed by atoms with van der Waals surface area (Å²) in [7, 11) is 0. The van der Waals surface area contributed by atoms with Crippen LogP contribution in [0.25, 0.3) is 0 Å². The van der Waals surface area contributed by atoms with Gasteiger partial charge >= 0.3 is 0 Å². The van der Waals surface area contributed by atoms with Gasteiger partial charge in [0.25, 0.3) is 0 Å². The number of hydrogen-bond donors (Lipinski definition) is 1. The molecule has 0 radical (unpaired) electrons. The van der Waals surface area contributed by atoms with Crippen LogP contribution in [-0.4, -0.2) is 9.97 Å². The Hall–Kier alpha value is -0.690. The van der Waals surface area contributed by atoms with Crippen molar-refractivity contribution >= 4 is 39.7 Å². The molecule has 2 aromatic rings. The van der Waals surface area contributed by atoms with E-state index in [1.165, 1.54) is 0 Å². The molecule has 0 aliphatic heterocycles. The number of rotatable bonds is 3. The monoisotopic (exact) mass is 317 g/mol. The number of nitrogens with one attached hydrogen (secondary N) is 1. The summed E-state index contributed by atoms with van der Waals surface area (Å²) in [6.45, 7) is 0.733. The molecule has 5 heteroatoms. The molecule has 0 amide bonds. The predicted octanol–water partition coefficient (Wildman–Crippen LogP) is 2.75. The van der Waals surface area contributed by atoms with Crippen LogP contribution in [0.15, 0.2) is 29.2 Å². The molecule has 72 valence electrons. The molecule has 0 aliphatic carbocycles. The molecule has 14 heavy (non-hydrogen) atoms. The molecule has 0 atom stereocenters. The second-order valence-corrected chi connectivity index (χ2v) is 4.55. The van der Waals surface area contributed by atoms with E-state index in [-0.39, 0.29) is 0 Å². The molecule has 2 rings (SSSR count). The Balaban J connectivity index is 2.02. The molecule has 0 saturated carbocycles. The zero-order chi connectivity index (χ0) is 9.80. The van der Waals surface area contributed by atoms with Gasteiger partial charge in [-0.3, -0.25) is 0 Å². The number of thiazole rings is 1. The van der Waals surface area contributed by atoms with E-state index in [1.54, 1.807) is 17.5 Å². The molecule has 0 spiro atoms. The summed E-state index contributed by atoms with van der Waals surface area (Å²) >= 11 is 3.86. The van der Waals surface area contributed by atoms with Crippen LogP contribution in [0, 0.1) is 3.57 Å². The van der Waals surface area contributed by atoms with Crippen molar-refractivity contribution in [2.24, 2.45) is 0 Å². The van der Waals surface area contributed by atoms with Gasteiger partial charge in [0, 0.05) is 11.6 Å². The molecule has 3 nitrogen and oxygen atoms in total. The maximum absolute atomic E-state index is 4.23. The zero-order valence-corrected chi connectivity index (χ0v) is 10.2. The number of aromatic nitrogens is 2. The molecular formula is C9H8IN3S. The summed E-state index contributed by atoms with van der Waals surface area (Å²) in [4.78, 5) is 8.42. The van der Waals surface area contributed by atoms with E-state index in [2.05, 4.69) is 37.9 Å². The Morgan fingerprint density at radius 2 is 2.36 bits per heavy atom. The summed E-state index contributed by atoms with van der Waals surface area (Å²) in [6, 6.07) is 3.95. The van der Waals surface area contributed by atoms with E-state index in [0.29, 0.717) is 0 Å². The molecule has 0 aromatic carbocycles. The number of anilines is 1. The molecule has 0 unspecified atom stereocenters. The van der Waals surface area contributed by atoms with Crippen LogP contribution in [0.5, 0.6) is 0 Å². The largest absolute Gasteiger partial charge is 0.364 e. The van der Waals surface area contributed by atoms with Crippen molar-refractivity contribution in [2.45, 2.75) is 6.54 Å². The summed E-state index contributed by atoms with van der Waals surface area (Å²) in [6.07, 6.45) is 1.78. The third-order valence-corrected chi connectivity index (χ3v) is 3.18. The number of pyridine rings is 1. The third kappa shape index (κ3) is 2.42. The average Bonchev–Trinajstić information content (AvgIpc) is 2.69. The quantitative estimate of drug-likeness (QED) is 0.885. The van der Waals surface area contributed by atoms with Gasteiger partial charge in [-0.1, -0.05) is 0 Å². The lowest BCUT2D eigenvalue weighted by Gasteiger charge is -2.04. The lowest BCUT2D eigenvalue weighted by molar-refractivity contribution is 1.05. The van der Waals surface area contributed by atoms with Gasteiger partial charge in [-0.2, -0.15) is 0 Å². The smallest absolute Gasteiger partial charge is 0.139 e. The Morgan fingerprint density at radius 3 is 3.07 bits per heavy atom. The SMILES string of the molecule is Ic1cccnc1NCc1cscn1. The van der Waals surface area contributed by atoms with Crippen molar-refractivity contribution in [3.05, 3.63) is 38.5 Å². The van der Waals surface area contributed by atoms with Crippen molar-refractivity contribution in [2.75, 3.05) is 5.32 Å². The fourth-order valence-corrected chi connectivity index (χ4v) is 2.11. The first-order valence-electron chi connectivity index (χ1n) is 4.08. The van der Waals surface area contributed by atoms with Crippen molar-refractivity contribution in [1.29, 1.82) is 0 Å². The first kappa shape index (κ1) is 9.85. The van der Waals surface area contributed by atoms with Gasteiger partial charge in [-0.25, -0.2) is 9.97 Å². The van der Waals surface area contributed by atoms with E-state index < -0.39 is 0 Å². The molecule has 2 aromatic heterocycles. The highest BCUT2D eigenvalue weighted by Crippen LogP contribution is 2.14. The van der Waals surface area contributed by atoms with E-state index in [0.717, 1.165) is 21.6 Å².